The Hall–Kier alpha value is -2.23. The lowest BCUT2D eigenvalue weighted by Gasteiger charge is -2.37. The fourth-order valence-electron chi connectivity index (χ4n) is 2.52. The minimum atomic E-state index is -0.367. The normalized spacial score (nSPS) is 14.4. The van der Waals surface area contributed by atoms with Crippen molar-refractivity contribution in [3.05, 3.63) is 48.3 Å². The summed E-state index contributed by atoms with van der Waals surface area (Å²) in [6.45, 7) is 1.67. The highest BCUT2D eigenvalue weighted by atomic mass is 19.1. The number of halogens is 1. The van der Waals surface area contributed by atoms with Gasteiger partial charge in [0, 0.05) is 20.1 Å². The first-order valence-corrected chi connectivity index (χ1v) is 6.30. The van der Waals surface area contributed by atoms with Crippen LogP contribution in [0.3, 0.4) is 0 Å². The molecule has 3 rings (SSSR count). The van der Waals surface area contributed by atoms with Crippen LogP contribution in [-0.2, 0) is 0 Å². The lowest BCUT2D eigenvalue weighted by atomic mass is 10.1. The summed E-state index contributed by atoms with van der Waals surface area (Å²) in [5.74, 6) is -0.367. The van der Waals surface area contributed by atoms with E-state index in [0.717, 1.165) is 30.2 Å². The van der Waals surface area contributed by atoms with E-state index in [9.17, 15) is 4.39 Å². The number of likely N-dealkylation sites (N-methyl/N-ethyl adjacent to an activating group) is 1. The summed E-state index contributed by atoms with van der Waals surface area (Å²) in [6, 6.07) is 13.0. The van der Waals surface area contributed by atoms with Gasteiger partial charge in [-0.05, 0) is 24.3 Å². The summed E-state index contributed by atoms with van der Waals surface area (Å²) in [6.07, 6.45) is 0. The van der Waals surface area contributed by atoms with Crippen LogP contribution in [0, 0.1) is 5.82 Å². The number of fused-ring (bicyclic) bond motifs is 1. The van der Waals surface area contributed by atoms with Crippen LogP contribution in [0.25, 0.3) is 0 Å². The molecule has 1 heterocycles. The number of para-hydroxylation sites is 3. The van der Waals surface area contributed by atoms with Crippen LogP contribution in [0.15, 0.2) is 42.5 Å². The second-order valence-corrected chi connectivity index (χ2v) is 4.73. The monoisotopic (exact) mass is 257 g/mol. The van der Waals surface area contributed by atoms with Gasteiger partial charge in [0.1, 0.15) is 5.82 Å². The summed E-state index contributed by atoms with van der Waals surface area (Å²) >= 11 is 0. The Bertz CT molecular complexity index is 612. The van der Waals surface area contributed by atoms with E-state index in [1.807, 2.05) is 24.3 Å². The van der Waals surface area contributed by atoms with Crippen molar-refractivity contribution in [1.82, 2.24) is 0 Å². The average Bonchev–Trinajstić information content (AvgIpc) is 2.43. The summed E-state index contributed by atoms with van der Waals surface area (Å²) < 4.78 is 13.6. The van der Waals surface area contributed by atoms with Crippen LogP contribution in [0.2, 0.25) is 0 Å². The van der Waals surface area contributed by atoms with Crippen molar-refractivity contribution in [3.63, 3.8) is 0 Å². The van der Waals surface area contributed by atoms with Crippen molar-refractivity contribution >= 4 is 22.7 Å². The third kappa shape index (κ3) is 1.89. The fraction of sp³-hybridized carbons (Fsp3) is 0.200. The molecule has 2 aromatic carbocycles. The van der Waals surface area contributed by atoms with E-state index in [1.165, 1.54) is 6.07 Å². The molecular weight excluding hydrogens is 241 g/mol. The number of hydrogen-bond acceptors (Lipinski definition) is 3. The highest BCUT2D eigenvalue weighted by molar-refractivity contribution is 5.83. The lowest BCUT2D eigenvalue weighted by Crippen LogP contribution is -2.36. The van der Waals surface area contributed by atoms with Crippen LogP contribution < -0.4 is 15.5 Å². The van der Waals surface area contributed by atoms with Gasteiger partial charge in [0.2, 0.25) is 0 Å². The maximum Gasteiger partial charge on any atom is 0.148 e. The number of nitrogen functional groups attached to an aromatic ring is 1. The number of nitrogens with zero attached hydrogens (tertiary/aromatic N) is 2. The van der Waals surface area contributed by atoms with Crippen molar-refractivity contribution in [2.24, 2.45) is 0 Å². The largest absolute Gasteiger partial charge is 0.395 e. The van der Waals surface area contributed by atoms with Gasteiger partial charge in [-0.3, -0.25) is 0 Å². The average molecular weight is 257 g/mol. The third-order valence-corrected chi connectivity index (χ3v) is 3.56. The molecule has 0 radical (unpaired) electrons. The highest BCUT2D eigenvalue weighted by Gasteiger charge is 2.22. The molecule has 0 atom stereocenters. The van der Waals surface area contributed by atoms with Gasteiger partial charge in [-0.2, -0.15) is 0 Å². The summed E-state index contributed by atoms with van der Waals surface area (Å²) in [4.78, 5) is 4.27. The molecule has 0 unspecified atom stereocenters. The van der Waals surface area contributed by atoms with Gasteiger partial charge in [-0.1, -0.05) is 18.2 Å². The van der Waals surface area contributed by atoms with E-state index in [-0.39, 0.29) is 11.5 Å². The van der Waals surface area contributed by atoms with Crippen molar-refractivity contribution in [3.8, 4) is 0 Å². The van der Waals surface area contributed by atoms with E-state index >= 15 is 0 Å². The van der Waals surface area contributed by atoms with Crippen LogP contribution >= 0.6 is 0 Å². The quantitative estimate of drug-likeness (QED) is 0.797. The number of rotatable bonds is 1. The molecule has 2 N–H and O–H groups in total. The summed E-state index contributed by atoms with van der Waals surface area (Å²) in [5, 5.41) is 0. The predicted octanol–water partition coefficient (Wildman–Crippen LogP) is 3.00. The maximum atomic E-state index is 13.6. The van der Waals surface area contributed by atoms with E-state index in [2.05, 4.69) is 22.9 Å². The molecule has 0 fully saturated rings. The van der Waals surface area contributed by atoms with Crippen molar-refractivity contribution < 1.29 is 4.39 Å². The zero-order valence-corrected chi connectivity index (χ0v) is 10.8. The Morgan fingerprint density at radius 1 is 0.947 bits per heavy atom. The van der Waals surface area contributed by atoms with Crippen LogP contribution in [0.1, 0.15) is 0 Å². The standard InChI is InChI=1S/C15H16FN3/c1-18-9-10-19(13-7-3-2-6-12(13)18)14-8-4-5-11(16)15(14)17/h2-8H,9-10,17H2,1H3. The molecule has 0 amide bonds. The van der Waals surface area contributed by atoms with Gasteiger partial charge in [-0.15, -0.1) is 0 Å². The van der Waals surface area contributed by atoms with Crippen LogP contribution in [-0.4, -0.2) is 20.1 Å². The fourth-order valence-corrected chi connectivity index (χ4v) is 2.52. The first kappa shape index (κ1) is 11.8. The van der Waals surface area contributed by atoms with Gasteiger partial charge in [-0.25, -0.2) is 4.39 Å². The Balaban J connectivity index is 2.12. The summed E-state index contributed by atoms with van der Waals surface area (Å²) in [7, 11) is 2.06. The second kappa shape index (κ2) is 4.46. The minimum Gasteiger partial charge on any atom is -0.395 e. The first-order valence-electron chi connectivity index (χ1n) is 6.30. The molecule has 1 aliphatic heterocycles. The Labute approximate surface area is 112 Å². The Morgan fingerprint density at radius 3 is 2.42 bits per heavy atom. The van der Waals surface area contributed by atoms with E-state index in [4.69, 9.17) is 5.73 Å². The van der Waals surface area contributed by atoms with Crippen molar-refractivity contribution in [1.29, 1.82) is 0 Å². The van der Waals surface area contributed by atoms with E-state index < -0.39 is 0 Å². The Morgan fingerprint density at radius 2 is 1.63 bits per heavy atom. The van der Waals surface area contributed by atoms with E-state index in [1.54, 1.807) is 6.07 Å². The first-order chi connectivity index (χ1) is 9.18. The van der Waals surface area contributed by atoms with Gasteiger partial charge in [0.25, 0.3) is 0 Å². The number of anilines is 4. The molecule has 0 bridgehead atoms. The maximum absolute atomic E-state index is 13.6. The molecule has 98 valence electrons. The molecule has 0 aliphatic carbocycles. The Kier molecular flexibility index (Phi) is 2.78. The van der Waals surface area contributed by atoms with Gasteiger partial charge >= 0.3 is 0 Å². The number of hydrogen-bond donors (Lipinski definition) is 1. The lowest BCUT2D eigenvalue weighted by molar-refractivity contribution is 0.632. The van der Waals surface area contributed by atoms with Crippen LogP contribution in [0.4, 0.5) is 27.1 Å². The number of benzene rings is 2. The minimum absolute atomic E-state index is 0.210. The molecule has 19 heavy (non-hydrogen) atoms. The van der Waals surface area contributed by atoms with Gasteiger partial charge in [0.05, 0.1) is 22.7 Å². The predicted molar refractivity (Wildman–Crippen MR) is 77.5 cm³/mol. The molecule has 0 aromatic heterocycles. The van der Waals surface area contributed by atoms with Crippen molar-refractivity contribution in [2.45, 2.75) is 0 Å². The molecule has 1 aliphatic rings. The molecular formula is C15H16FN3. The highest BCUT2D eigenvalue weighted by Crippen LogP contribution is 2.39. The van der Waals surface area contributed by atoms with Gasteiger partial charge in [0.15, 0.2) is 0 Å². The van der Waals surface area contributed by atoms with Crippen molar-refractivity contribution in [2.75, 3.05) is 35.7 Å². The van der Waals surface area contributed by atoms with E-state index in [0.29, 0.717) is 0 Å². The number of nitrogens with two attached hydrogens (primary N) is 1. The van der Waals surface area contributed by atoms with Gasteiger partial charge < -0.3 is 15.5 Å². The molecule has 2 aromatic rings. The molecule has 4 heteroatoms. The topological polar surface area (TPSA) is 32.5 Å². The van der Waals surface area contributed by atoms with Crippen LogP contribution in [0.5, 0.6) is 0 Å². The molecule has 0 spiro atoms. The zero-order chi connectivity index (χ0) is 13.4. The second-order valence-electron chi connectivity index (χ2n) is 4.73. The molecule has 0 saturated carbocycles. The molecule has 0 saturated heterocycles. The SMILES string of the molecule is CN1CCN(c2cccc(F)c2N)c2ccccc21. The third-order valence-electron chi connectivity index (χ3n) is 3.56. The molecule has 3 nitrogen and oxygen atoms in total. The smallest absolute Gasteiger partial charge is 0.148 e. The zero-order valence-electron chi connectivity index (χ0n) is 10.8. The summed E-state index contributed by atoms with van der Waals surface area (Å²) in [5.41, 5.74) is 9.02.